The number of hydrogen-bond acceptors (Lipinski definition) is 2. The van der Waals surface area contributed by atoms with Crippen molar-refractivity contribution in [2.24, 2.45) is 11.8 Å². The van der Waals surface area contributed by atoms with Gasteiger partial charge < -0.3 is 10.2 Å². The van der Waals surface area contributed by atoms with Crippen LogP contribution in [0.25, 0.3) is 0 Å². The minimum Gasteiger partial charge on any atom is -0.312 e. The summed E-state index contributed by atoms with van der Waals surface area (Å²) < 4.78 is 27.2. The molecule has 1 saturated heterocycles. The Hall–Kier alpha value is -1.00. The van der Waals surface area contributed by atoms with Crippen LogP contribution in [0.4, 0.5) is 8.78 Å². The third-order valence-electron chi connectivity index (χ3n) is 4.56. The molecule has 0 saturated carbocycles. The number of likely N-dealkylation sites (tertiary alicyclic amines) is 1. The number of hydrogen-bond donors (Lipinski definition) is 1. The second-order valence-electron chi connectivity index (χ2n) is 5.99. The quantitative estimate of drug-likeness (QED) is 0.912. The molecule has 0 aromatic heterocycles. The maximum atomic E-state index is 13.9. The van der Waals surface area contributed by atoms with Gasteiger partial charge in [0.15, 0.2) is 11.6 Å². The zero-order valence-electron chi connectivity index (χ0n) is 12.5. The fraction of sp³-hybridized carbons (Fsp3) is 0.625. The monoisotopic (exact) mass is 282 g/mol. The Morgan fingerprint density at radius 2 is 2.05 bits per heavy atom. The lowest BCUT2D eigenvalue weighted by Crippen LogP contribution is -2.42. The first-order valence-corrected chi connectivity index (χ1v) is 7.36. The molecule has 1 aliphatic rings. The number of likely N-dealkylation sites (N-methyl/N-ethyl adjacent to an activating group) is 1. The molecule has 1 fully saturated rings. The number of benzene rings is 1. The van der Waals surface area contributed by atoms with E-state index < -0.39 is 11.6 Å². The maximum Gasteiger partial charge on any atom is 0.163 e. The molecule has 1 heterocycles. The molecule has 0 spiro atoms. The Balaban J connectivity index is 2.07. The van der Waals surface area contributed by atoms with Crippen LogP contribution >= 0.6 is 0 Å². The molecule has 112 valence electrons. The van der Waals surface area contributed by atoms with E-state index in [1.807, 2.05) is 0 Å². The van der Waals surface area contributed by atoms with Crippen LogP contribution in [0.15, 0.2) is 18.2 Å². The highest BCUT2D eigenvalue weighted by molar-refractivity contribution is 5.23. The Labute approximate surface area is 120 Å². The lowest BCUT2D eigenvalue weighted by Gasteiger charge is -2.37. The molecular weight excluding hydrogens is 258 g/mol. The van der Waals surface area contributed by atoms with Gasteiger partial charge in [-0.2, -0.15) is 0 Å². The first-order chi connectivity index (χ1) is 9.52. The summed E-state index contributed by atoms with van der Waals surface area (Å²) in [6.07, 6.45) is 1.17. The van der Waals surface area contributed by atoms with Crippen molar-refractivity contribution in [2.45, 2.75) is 26.3 Å². The molecule has 0 amide bonds. The Morgan fingerprint density at radius 3 is 2.70 bits per heavy atom. The molecular formula is C16H24F2N2. The number of nitrogens with one attached hydrogen (secondary N) is 1. The van der Waals surface area contributed by atoms with E-state index in [-0.39, 0.29) is 6.04 Å². The summed E-state index contributed by atoms with van der Waals surface area (Å²) in [4.78, 5) is 2.34. The molecule has 3 unspecified atom stereocenters. The van der Waals surface area contributed by atoms with Crippen molar-refractivity contribution < 1.29 is 8.78 Å². The van der Waals surface area contributed by atoms with Gasteiger partial charge in [-0.05, 0) is 37.9 Å². The van der Waals surface area contributed by atoms with Gasteiger partial charge in [0.2, 0.25) is 0 Å². The van der Waals surface area contributed by atoms with Gasteiger partial charge in [0, 0.05) is 24.7 Å². The molecule has 4 heteroatoms. The highest BCUT2D eigenvalue weighted by Crippen LogP contribution is 2.25. The van der Waals surface area contributed by atoms with Crippen molar-refractivity contribution in [1.82, 2.24) is 10.2 Å². The third kappa shape index (κ3) is 3.36. The number of halogens is 2. The second-order valence-corrected chi connectivity index (χ2v) is 5.99. The van der Waals surface area contributed by atoms with Crippen LogP contribution < -0.4 is 5.32 Å². The van der Waals surface area contributed by atoms with Crippen molar-refractivity contribution in [3.05, 3.63) is 35.4 Å². The minimum absolute atomic E-state index is 0.175. The van der Waals surface area contributed by atoms with Gasteiger partial charge in [0.25, 0.3) is 0 Å². The largest absolute Gasteiger partial charge is 0.312 e. The summed E-state index contributed by atoms with van der Waals surface area (Å²) in [5.74, 6) is -0.113. The van der Waals surface area contributed by atoms with E-state index >= 15 is 0 Å². The molecule has 20 heavy (non-hydrogen) atoms. The highest BCUT2D eigenvalue weighted by atomic mass is 19.2. The molecule has 0 aliphatic carbocycles. The van der Waals surface area contributed by atoms with Crippen molar-refractivity contribution in [1.29, 1.82) is 0 Å². The van der Waals surface area contributed by atoms with Gasteiger partial charge in [-0.15, -0.1) is 0 Å². The van der Waals surface area contributed by atoms with Gasteiger partial charge in [0.05, 0.1) is 0 Å². The normalized spacial score (nSPS) is 25.6. The van der Waals surface area contributed by atoms with Crippen molar-refractivity contribution in [3.8, 4) is 0 Å². The fourth-order valence-electron chi connectivity index (χ4n) is 2.91. The van der Waals surface area contributed by atoms with Gasteiger partial charge in [-0.3, -0.25) is 0 Å². The zero-order valence-corrected chi connectivity index (χ0v) is 12.5. The first kappa shape index (κ1) is 15.4. The maximum absolute atomic E-state index is 13.9. The Morgan fingerprint density at radius 1 is 1.30 bits per heavy atom. The zero-order chi connectivity index (χ0) is 14.7. The van der Waals surface area contributed by atoms with E-state index in [1.54, 1.807) is 19.2 Å². The van der Waals surface area contributed by atoms with E-state index in [0.29, 0.717) is 18.0 Å². The van der Waals surface area contributed by atoms with Crippen LogP contribution in [0.2, 0.25) is 0 Å². The predicted molar refractivity (Wildman–Crippen MR) is 77.5 cm³/mol. The van der Waals surface area contributed by atoms with E-state index in [0.717, 1.165) is 25.1 Å². The molecule has 0 bridgehead atoms. The average Bonchev–Trinajstić information content (AvgIpc) is 2.43. The van der Waals surface area contributed by atoms with Crippen LogP contribution in [0.5, 0.6) is 0 Å². The van der Waals surface area contributed by atoms with Crippen molar-refractivity contribution >= 4 is 0 Å². The number of nitrogens with zero attached hydrogens (tertiary/aromatic N) is 1. The fourth-order valence-corrected chi connectivity index (χ4v) is 2.91. The minimum atomic E-state index is -0.775. The first-order valence-electron chi connectivity index (χ1n) is 7.36. The topological polar surface area (TPSA) is 15.3 Å². The summed E-state index contributed by atoms with van der Waals surface area (Å²) in [6, 6.07) is 4.22. The smallest absolute Gasteiger partial charge is 0.163 e. The van der Waals surface area contributed by atoms with Crippen LogP contribution in [0.3, 0.4) is 0 Å². The summed E-state index contributed by atoms with van der Waals surface area (Å²) in [5.41, 5.74) is 0.416. The lowest BCUT2D eigenvalue weighted by molar-refractivity contribution is 0.127. The molecule has 2 nitrogen and oxygen atoms in total. The van der Waals surface area contributed by atoms with Crippen LogP contribution in [-0.4, -0.2) is 31.6 Å². The van der Waals surface area contributed by atoms with Gasteiger partial charge in [0.1, 0.15) is 0 Å². The standard InChI is InChI=1S/C16H24F2N2/c1-11-7-8-20(9-12(11)2)10-15(19-3)13-5-4-6-14(17)16(13)18/h4-6,11-12,15,19H,7-10H2,1-3H3. The van der Waals surface area contributed by atoms with E-state index in [4.69, 9.17) is 0 Å². The van der Waals surface area contributed by atoms with Crippen LogP contribution in [-0.2, 0) is 0 Å². The summed E-state index contributed by atoms with van der Waals surface area (Å²) in [5, 5.41) is 3.11. The summed E-state index contributed by atoms with van der Waals surface area (Å²) in [7, 11) is 1.80. The molecule has 1 N–H and O–H groups in total. The van der Waals surface area contributed by atoms with Crippen molar-refractivity contribution in [3.63, 3.8) is 0 Å². The Kier molecular flexibility index (Phi) is 5.11. The molecule has 2 rings (SSSR count). The van der Waals surface area contributed by atoms with Crippen LogP contribution in [0.1, 0.15) is 31.9 Å². The predicted octanol–water partition coefficient (Wildman–Crippen LogP) is 3.20. The molecule has 1 aromatic carbocycles. The highest BCUT2D eigenvalue weighted by Gasteiger charge is 2.26. The van der Waals surface area contributed by atoms with E-state index in [2.05, 4.69) is 24.1 Å². The van der Waals surface area contributed by atoms with E-state index in [1.165, 1.54) is 6.42 Å². The number of rotatable bonds is 4. The van der Waals surface area contributed by atoms with Gasteiger partial charge >= 0.3 is 0 Å². The van der Waals surface area contributed by atoms with Crippen LogP contribution in [0, 0.1) is 23.5 Å². The average molecular weight is 282 g/mol. The van der Waals surface area contributed by atoms with E-state index in [9.17, 15) is 8.78 Å². The SMILES string of the molecule is CNC(CN1CCC(C)C(C)C1)c1cccc(F)c1F. The lowest BCUT2D eigenvalue weighted by atomic mass is 9.88. The third-order valence-corrected chi connectivity index (χ3v) is 4.56. The molecule has 1 aliphatic heterocycles. The summed E-state index contributed by atoms with van der Waals surface area (Å²) >= 11 is 0. The van der Waals surface area contributed by atoms with Crippen molar-refractivity contribution in [2.75, 3.05) is 26.7 Å². The summed E-state index contributed by atoms with van der Waals surface area (Å²) in [6.45, 7) is 7.31. The molecule has 1 aromatic rings. The Bertz CT molecular complexity index is 450. The molecule has 3 atom stereocenters. The second kappa shape index (κ2) is 6.64. The number of piperidine rings is 1. The molecule has 0 radical (unpaired) electrons. The van der Waals surface area contributed by atoms with Gasteiger partial charge in [-0.1, -0.05) is 26.0 Å². The van der Waals surface area contributed by atoms with Gasteiger partial charge in [-0.25, -0.2) is 8.78 Å².